The first-order valence-electron chi connectivity index (χ1n) is 10.4. The van der Waals surface area contributed by atoms with Crippen molar-refractivity contribution in [2.45, 2.75) is 57.1 Å². The number of H-pyrrole nitrogens is 1. The van der Waals surface area contributed by atoms with E-state index in [-0.39, 0.29) is 11.5 Å². The molecule has 1 aromatic carbocycles. The number of unbranched alkanes of at least 4 members (excludes halogenated alkanes) is 5. The van der Waals surface area contributed by atoms with Gasteiger partial charge in [-0.05, 0) is 6.42 Å². The summed E-state index contributed by atoms with van der Waals surface area (Å²) in [6, 6.07) is 9.12. The highest BCUT2D eigenvalue weighted by Gasteiger charge is 2.18. The van der Waals surface area contributed by atoms with Gasteiger partial charge in [-0.2, -0.15) is 0 Å². The summed E-state index contributed by atoms with van der Waals surface area (Å²) in [7, 11) is 1.59. The first-order chi connectivity index (χ1) is 14.5. The average molecular weight is 429 g/mol. The monoisotopic (exact) mass is 428 g/mol. The minimum absolute atomic E-state index is 0.00145. The number of hydrogen-bond acceptors (Lipinski definition) is 5. The molecule has 0 aliphatic rings. The number of nitrogens with one attached hydrogen (secondary N) is 1. The molecule has 0 aliphatic carbocycles. The highest BCUT2D eigenvalue weighted by molar-refractivity contribution is 7.99. The van der Waals surface area contributed by atoms with Crippen LogP contribution in [0.4, 0.5) is 0 Å². The molecule has 0 bridgehead atoms. The second-order valence-electron chi connectivity index (χ2n) is 7.38. The Labute approximate surface area is 179 Å². The maximum atomic E-state index is 12.5. The van der Waals surface area contributed by atoms with E-state index in [1.54, 1.807) is 19.2 Å². The number of thioether (sulfide) groups is 1. The van der Waals surface area contributed by atoms with Crippen molar-refractivity contribution in [1.82, 2.24) is 19.1 Å². The molecule has 3 rings (SSSR count). The number of Topliss-reactive ketones (excluding diaryl/α,β-unsaturated/α-hetero) is 1. The SMILES string of the molecule is CCCCCCCCn1c(SCC(=O)c2ccccc2)nc2c1c(=O)[nH]c(=O)n2C. The topological polar surface area (TPSA) is 89.8 Å². The van der Waals surface area contributed by atoms with Crippen molar-refractivity contribution in [3.05, 3.63) is 56.7 Å². The van der Waals surface area contributed by atoms with Crippen molar-refractivity contribution in [1.29, 1.82) is 0 Å². The Morgan fingerprint density at radius 2 is 1.77 bits per heavy atom. The Balaban J connectivity index is 1.83. The molecular weight excluding hydrogens is 400 g/mol. The minimum Gasteiger partial charge on any atom is -0.313 e. The van der Waals surface area contributed by atoms with Crippen LogP contribution in [0.2, 0.25) is 0 Å². The molecule has 1 N–H and O–H groups in total. The Morgan fingerprint density at radius 3 is 2.50 bits per heavy atom. The fourth-order valence-corrected chi connectivity index (χ4v) is 4.34. The van der Waals surface area contributed by atoms with E-state index in [9.17, 15) is 14.4 Å². The number of aryl methyl sites for hydroxylation is 2. The summed E-state index contributed by atoms with van der Waals surface area (Å²) in [6.45, 7) is 2.82. The molecule has 0 atom stereocenters. The van der Waals surface area contributed by atoms with Gasteiger partial charge in [-0.1, -0.05) is 81.1 Å². The van der Waals surface area contributed by atoms with Gasteiger partial charge >= 0.3 is 5.69 Å². The number of carbonyl (C=O) groups excluding carboxylic acids is 1. The molecule has 0 aliphatic heterocycles. The molecule has 2 aromatic heterocycles. The van der Waals surface area contributed by atoms with E-state index in [1.165, 1.54) is 35.6 Å². The van der Waals surface area contributed by atoms with Crippen LogP contribution in [0.3, 0.4) is 0 Å². The Morgan fingerprint density at radius 1 is 1.07 bits per heavy atom. The number of aromatic nitrogens is 4. The number of ketones is 1. The van der Waals surface area contributed by atoms with Crippen LogP contribution in [-0.4, -0.2) is 30.6 Å². The molecule has 7 nitrogen and oxygen atoms in total. The van der Waals surface area contributed by atoms with E-state index >= 15 is 0 Å². The summed E-state index contributed by atoms with van der Waals surface area (Å²) in [5.74, 6) is 0.219. The summed E-state index contributed by atoms with van der Waals surface area (Å²) in [4.78, 5) is 43.9. The zero-order valence-electron chi connectivity index (χ0n) is 17.5. The number of aromatic amines is 1. The number of benzene rings is 1. The molecule has 0 saturated carbocycles. The first kappa shape index (κ1) is 22.1. The van der Waals surface area contributed by atoms with Crippen molar-refractivity contribution in [3.63, 3.8) is 0 Å². The van der Waals surface area contributed by atoms with Crippen LogP contribution in [0.5, 0.6) is 0 Å². The van der Waals surface area contributed by atoms with Gasteiger partial charge < -0.3 is 4.57 Å². The fourth-order valence-electron chi connectivity index (χ4n) is 3.42. The van der Waals surface area contributed by atoms with Gasteiger partial charge in [-0.15, -0.1) is 0 Å². The second-order valence-corrected chi connectivity index (χ2v) is 8.32. The third-order valence-corrected chi connectivity index (χ3v) is 6.11. The highest BCUT2D eigenvalue weighted by Crippen LogP contribution is 2.23. The third kappa shape index (κ3) is 5.11. The first-order valence-corrected chi connectivity index (χ1v) is 11.4. The summed E-state index contributed by atoms with van der Waals surface area (Å²) >= 11 is 1.31. The smallest absolute Gasteiger partial charge is 0.313 e. The van der Waals surface area contributed by atoms with E-state index < -0.39 is 11.2 Å². The van der Waals surface area contributed by atoms with Crippen LogP contribution < -0.4 is 11.2 Å². The molecule has 0 fully saturated rings. The lowest BCUT2D eigenvalue weighted by atomic mass is 10.1. The van der Waals surface area contributed by atoms with Gasteiger partial charge in [0.15, 0.2) is 22.1 Å². The summed E-state index contributed by atoms with van der Waals surface area (Å²) in [5, 5.41) is 0.592. The molecule has 8 heteroatoms. The molecule has 0 spiro atoms. The number of rotatable bonds is 11. The molecule has 0 radical (unpaired) electrons. The van der Waals surface area contributed by atoms with Gasteiger partial charge in [-0.25, -0.2) is 9.78 Å². The standard InChI is InChI=1S/C22H28N4O3S/c1-3-4-5-6-7-11-14-26-18-19(25(2)21(29)24-20(18)28)23-22(26)30-15-17(27)16-12-9-8-10-13-16/h8-10,12-13H,3-7,11,14-15H2,1-2H3,(H,24,28,29). The number of imidazole rings is 1. The lowest BCUT2D eigenvalue weighted by Crippen LogP contribution is -2.29. The lowest BCUT2D eigenvalue weighted by Gasteiger charge is -2.08. The Kier molecular flexibility index (Phi) is 7.68. The third-order valence-electron chi connectivity index (χ3n) is 5.14. The number of hydrogen-bond donors (Lipinski definition) is 1. The number of nitrogens with zero attached hydrogens (tertiary/aromatic N) is 3. The zero-order valence-corrected chi connectivity index (χ0v) is 18.3. The van der Waals surface area contributed by atoms with E-state index in [4.69, 9.17) is 0 Å². The molecule has 0 saturated heterocycles. The van der Waals surface area contributed by atoms with E-state index in [0.717, 1.165) is 19.3 Å². The number of fused-ring (bicyclic) bond motifs is 1. The minimum atomic E-state index is -0.492. The zero-order chi connectivity index (χ0) is 21.5. The molecule has 160 valence electrons. The second kappa shape index (κ2) is 10.4. The van der Waals surface area contributed by atoms with Crippen LogP contribution in [0, 0.1) is 0 Å². The molecule has 3 aromatic rings. The van der Waals surface area contributed by atoms with E-state index in [0.29, 0.717) is 28.4 Å². The molecule has 0 unspecified atom stereocenters. The van der Waals surface area contributed by atoms with Crippen LogP contribution >= 0.6 is 11.8 Å². The van der Waals surface area contributed by atoms with Gasteiger partial charge in [0.05, 0.1) is 5.75 Å². The predicted molar refractivity (Wildman–Crippen MR) is 120 cm³/mol. The van der Waals surface area contributed by atoms with Gasteiger partial charge in [0.1, 0.15) is 0 Å². The summed E-state index contributed by atoms with van der Waals surface area (Å²) < 4.78 is 3.20. The quantitative estimate of drug-likeness (QED) is 0.285. The molecular formula is C22H28N4O3S. The normalized spacial score (nSPS) is 11.3. The van der Waals surface area contributed by atoms with Crippen LogP contribution in [0.1, 0.15) is 55.8 Å². The van der Waals surface area contributed by atoms with Gasteiger partial charge in [0.25, 0.3) is 5.56 Å². The summed E-state index contributed by atoms with van der Waals surface area (Å²) in [5.41, 5.74) is 0.458. The fraction of sp³-hybridized carbons (Fsp3) is 0.455. The van der Waals surface area contributed by atoms with Gasteiger partial charge in [0, 0.05) is 19.2 Å². The Hall–Kier alpha value is -2.61. The maximum Gasteiger partial charge on any atom is 0.329 e. The van der Waals surface area contributed by atoms with Crippen LogP contribution in [0.25, 0.3) is 11.2 Å². The average Bonchev–Trinajstić information content (AvgIpc) is 3.12. The van der Waals surface area contributed by atoms with Crippen LogP contribution in [-0.2, 0) is 13.6 Å². The van der Waals surface area contributed by atoms with Crippen molar-refractivity contribution in [2.75, 3.05) is 5.75 Å². The van der Waals surface area contributed by atoms with Crippen molar-refractivity contribution in [2.24, 2.45) is 7.05 Å². The van der Waals surface area contributed by atoms with Gasteiger partial charge in [0.2, 0.25) is 0 Å². The molecule has 2 heterocycles. The van der Waals surface area contributed by atoms with Gasteiger partial charge in [-0.3, -0.25) is 19.1 Å². The molecule has 30 heavy (non-hydrogen) atoms. The number of carbonyl (C=O) groups is 1. The summed E-state index contributed by atoms with van der Waals surface area (Å²) in [6.07, 6.45) is 6.78. The van der Waals surface area contributed by atoms with Crippen LogP contribution in [0.15, 0.2) is 45.1 Å². The lowest BCUT2D eigenvalue weighted by molar-refractivity contribution is 0.102. The van der Waals surface area contributed by atoms with E-state index in [1.807, 2.05) is 22.8 Å². The maximum absolute atomic E-state index is 12.5. The van der Waals surface area contributed by atoms with Crippen molar-refractivity contribution >= 4 is 28.7 Å². The largest absolute Gasteiger partial charge is 0.329 e. The predicted octanol–water partition coefficient (Wildman–Crippen LogP) is 3.76. The van der Waals surface area contributed by atoms with E-state index in [2.05, 4.69) is 16.9 Å². The van der Waals surface area contributed by atoms with Crippen molar-refractivity contribution in [3.8, 4) is 0 Å². The highest BCUT2D eigenvalue weighted by atomic mass is 32.2. The van der Waals surface area contributed by atoms with Crippen molar-refractivity contribution < 1.29 is 4.79 Å². The molecule has 0 amide bonds. The Bertz CT molecular complexity index is 1120.